The van der Waals surface area contributed by atoms with Crippen LogP contribution in [-0.2, 0) is 28.5 Å². The van der Waals surface area contributed by atoms with Crippen LogP contribution in [0.4, 0.5) is 5.69 Å². The molecular weight excluding hydrogens is 440 g/mol. The highest BCUT2D eigenvalue weighted by molar-refractivity contribution is 6.00. The monoisotopic (exact) mass is 472 g/mol. The van der Waals surface area contributed by atoms with Crippen molar-refractivity contribution < 1.29 is 28.5 Å². The Balaban J connectivity index is 3.00. The molecule has 1 heterocycles. The molecule has 0 saturated carbocycles. The van der Waals surface area contributed by atoms with Gasteiger partial charge in [0.1, 0.15) is 0 Å². The van der Waals surface area contributed by atoms with Crippen LogP contribution in [0.5, 0.6) is 0 Å². The minimum absolute atomic E-state index is 0.0994. The fraction of sp³-hybridized carbons (Fsp3) is 0.500. The van der Waals surface area contributed by atoms with Crippen molar-refractivity contribution in [3.05, 3.63) is 62.8 Å². The van der Waals surface area contributed by atoms with Crippen molar-refractivity contribution in [1.29, 1.82) is 0 Å². The van der Waals surface area contributed by atoms with Crippen molar-refractivity contribution in [2.75, 3.05) is 40.6 Å². The van der Waals surface area contributed by atoms with Gasteiger partial charge in [0, 0.05) is 30.9 Å². The second kappa shape index (κ2) is 12.8. The van der Waals surface area contributed by atoms with E-state index in [1.165, 1.54) is 14.2 Å². The van der Waals surface area contributed by atoms with Gasteiger partial charge in [-0.05, 0) is 44.9 Å². The molecule has 1 aliphatic heterocycles. The highest BCUT2D eigenvalue weighted by atomic mass is 16.5. The van der Waals surface area contributed by atoms with E-state index in [0.29, 0.717) is 22.6 Å². The van der Waals surface area contributed by atoms with Gasteiger partial charge in [0.25, 0.3) is 0 Å². The van der Waals surface area contributed by atoms with E-state index in [0.717, 1.165) is 0 Å². The predicted molar refractivity (Wildman–Crippen MR) is 126 cm³/mol. The third-order valence-electron chi connectivity index (χ3n) is 5.21. The smallest absolute Gasteiger partial charge is 0.336 e. The number of rotatable bonds is 11. The summed E-state index contributed by atoms with van der Waals surface area (Å²) in [7, 11) is 3.07. The van der Waals surface area contributed by atoms with Gasteiger partial charge >= 0.3 is 11.9 Å². The van der Waals surface area contributed by atoms with Crippen LogP contribution in [-0.4, -0.2) is 63.5 Å². The Morgan fingerprint density at radius 1 is 1.03 bits per heavy atom. The molecule has 10 heteroatoms. The van der Waals surface area contributed by atoms with E-state index in [1.807, 2.05) is 18.7 Å². The zero-order valence-electron chi connectivity index (χ0n) is 20.5. The summed E-state index contributed by atoms with van der Waals surface area (Å²) in [5, 5.41) is 3.68. The minimum Gasteiger partial charge on any atom is -0.463 e. The van der Waals surface area contributed by atoms with Gasteiger partial charge in [-0.15, -0.1) is 0 Å². The van der Waals surface area contributed by atoms with Gasteiger partial charge in [-0.25, -0.2) is 9.59 Å². The molecule has 0 aliphatic carbocycles. The number of carbonyl (C=O) groups excluding carboxylic acids is 2. The number of benzene rings is 1. The normalized spacial score (nSPS) is 14.4. The highest BCUT2D eigenvalue weighted by Crippen LogP contribution is 2.44. The lowest BCUT2D eigenvalue weighted by atomic mass is 9.79. The Bertz CT molecular complexity index is 964. The van der Waals surface area contributed by atoms with Gasteiger partial charge in [-0.2, -0.15) is 0 Å². The summed E-state index contributed by atoms with van der Waals surface area (Å²) in [4.78, 5) is 31.5. The average molecular weight is 473 g/mol. The van der Waals surface area contributed by atoms with E-state index in [-0.39, 0.29) is 43.6 Å². The number of carbonyl (C=O) groups is 2. The first-order valence-corrected chi connectivity index (χ1v) is 11.1. The lowest BCUT2D eigenvalue weighted by Crippen LogP contribution is -2.42. The lowest BCUT2D eigenvalue weighted by molar-refractivity contribution is -0.140. The maximum Gasteiger partial charge on any atom is 0.336 e. The molecule has 184 valence electrons. The van der Waals surface area contributed by atoms with Crippen molar-refractivity contribution in [2.24, 2.45) is 5.11 Å². The minimum atomic E-state index is -0.850. The first-order chi connectivity index (χ1) is 16.4. The molecule has 0 fully saturated rings. The fourth-order valence-electron chi connectivity index (χ4n) is 4.13. The van der Waals surface area contributed by atoms with Crippen LogP contribution < -0.4 is 0 Å². The summed E-state index contributed by atoms with van der Waals surface area (Å²) in [6, 6.07) is 6.60. The molecule has 0 spiro atoms. The van der Waals surface area contributed by atoms with Crippen molar-refractivity contribution in [3.8, 4) is 0 Å². The number of methoxy groups -OCH3 is 2. The second-order valence-electron chi connectivity index (χ2n) is 7.71. The zero-order chi connectivity index (χ0) is 25.3. The Morgan fingerprint density at radius 3 is 1.97 bits per heavy atom. The summed E-state index contributed by atoms with van der Waals surface area (Å²) in [6.07, 6.45) is 0. The van der Waals surface area contributed by atoms with Crippen molar-refractivity contribution in [1.82, 2.24) is 4.90 Å². The molecule has 0 N–H and O–H groups in total. The molecule has 0 radical (unpaired) electrons. The molecule has 1 aromatic rings. The van der Waals surface area contributed by atoms with Crippen molar-refractivity contribution >= 4 is 17.6 Å². The highest BCUT2D eigenvalue weighted by Gasteiger charge is 2.43. The molecule has 0 atom stereocenters. The molecular formula is C24H32N4O6. The van der Waals surface area contributed by atoms with E-state index >= 15 is 0 Å². The van der Waals surface area contributed by atoms with Crippen LogP contribution in [0.15, 0.2) is 51.9 Å². The van der Waals surface area contributed by atoms with Crippen molar-refractivity contribution in [3.63, 3.8) is 0 Å². The van der Waals surface area contributed by atoms with E-state index in [1.54, 1.807) is 38.1 Å². The van der Waals surface area contributed by atoms with Gasteiger partial charge in [0.05, 0.1) is 54.9 Å². The Hall–Kier alpha value is -3.33. The van der Waals surface area contributed by atoms with Gasteiger partial charge in [-0.3, -0.25) is 0 Å². The average Bonchev–Trinajstić information content (AvgIpc) is 2.79. The molecule has 0 aromatic heterocycles. The summed E-state index contributed by atoms with van der Waals surface area (Å²) in [5.41, 5.74) is 11.5. The Morgan fingerprint density at radius 2 is 1.56 bits per heavy atom. The first kappa shape index (κ1) is 26.9. The Labute approximate surface area is 199 Å². The number of ether oxygens (including phenoxy) is 4. The maximum atomic E-state index is 13.4. The molecule has 0 amide bonds. The number of hydrogen-bond donors (Lipinski definition) is 0. The molecule has 1 aliphatic rings. The molecule has 2 rings (SSSR count). The van der Waals surface area contributed by atoms with E-state index in [2.05, 4.69) is 10.0 Å². The number of azide groups is 1. The van der Waals surface area contributed by atoms with E-state index in [9.17, 15) is 9.59 Å². The van der Waals surface area contributed by atoms with Crippen molar-refractivity contribution in [2.45, 2.75) is 39.7 Å². The Kier molecular flexibility index (Phi) is 10.1. The lowest BCUT2D eigenvalue weighted by Gasteiger charge is -2.42. The first-order valence-electron chi connectivity index (χ1n) is 11.1. The molecule has 0 saturated heterocycles. The quantitative estimate of drug-likeness (QED) is 0.203. The van der Waals surface area contributed by atoms with Crippen LogP contribution >= 0.6 is 0 Å². The van der Waals surface area contributed by atoms with Crippen LogP contribution in [0.3, 0.4) is 0 Å². The number of nitrogens with zero attached hydrogens (tertiary/aromatic N) is 4. The molecule has 0 unspecified atom stereocenters. The SMILES string of the molecule is CCOC(=O)C1=C(COC)N(C(C)C)C(COC)=C(C(=O)OCC)C1c1cccc(N=[N+]=[N-])c1. The maximum absolute atomic E-state index is 13.4. The standard InChI is InChI=1S/C24H32N4O6/c1-7-33-23(29)21-18(13-31-5)28(15(3)4)19(14-32-6)22(24(30)34-8-2)20(21)16-10-9-11-17(12-16)26-27-25/h9-12,15,20H,7-8,13-14H2,1-6H3. The van der Waals surface area contributed by atoms with E-state index < -0.39 is 17.9 Å². The van der Waals surface area contributed by atoms with Gasteiger partial charge in [0.2, 0.25) is 0 Å². The predicted octanol–water partition coefficient (Wildman–Crippen LogP) is 4.36. The fourth-order valence-corrected chi connectivity index (χ4v) is 4.13. The molecule has 34 heavy (non-hydrogen) atoms. The molecule has 10 nitrogen and oxygen atoms in total. The van der Waals surface area contributed by atoms with Crippen LogP contribution in [0.1, 0.15) is 39.2 Å². The number of esters is 2. The topological polar surface area (TPSA) is 123 Å². The zero-order valence-corrected chi connectivity index (χ0v) is 20.5. The van der Waals surface area contributed by atoms with E-state index in [4.69, 9.17) is 24.5 Å². The largest absolute Gasteiger partial charge is 0.463 e. The van der Waals surface area contributed by atoms with Gasteiger partial charge in [0.15, 0.2) is 0 Å². The van der Waals surface area contributed by atoms with Crippen LogP contribution in [0, 0.1) is 0 Å². The second-order valence-corrected chi connectivity index (χ2v) is 7.71. The molecule has 1 aromatic carbocycles. The number of hydrogen-bond acceptors (Lipinski definition) is 8. The van der Waals surface area contributed by atoms with Crippen LogP contribution in [0.2, 0.25) is 0 Å². The summed E-state index contributed by atoms with van der Waals surface area (Å²) in [5.74, 6) is -1.99. The summed E-state index contributed by atoms with van der Waals surface area (Å²) in [6.45, 7) is 7.82. The van der Waals surface area contributed by atoms with Crippen LogP contribution in [0.25, 0.3) is 10.4 Å². The summed E-state index contributed by atoms with van der Waals surface area (Å²) >= 11 is 0. The van der Waals surface area contributed by atoms with Gasteiger partial charge in [-0.1, -0.05) is 23.3 Å². The third-order valence-corrected chi connectivity index (χ3v) is 5.21. The summed E-state index contributed by atoms with van der Waals surface area (Å²) < 4.78 is 21.8. The third kappa shape index (κ3) is 5.77. The molecule has 0 bridgehead atoms. The van der Waals surface area contributed by atoms with Gasteiger partial charge < -0.3 is 23.8 Å².